The molecule has 4 aromatic rings. The van der Waals surface area contributed by atoms with Crippen LogP contribution in [0.2, 0.25) is 0 Å². The molecule has 0 saturated carbocycles. The lowest BCUT2D eigenvalue weighted by Crippen LogP contribution is -2.36. The van der Waals surface area contributed by atoms with Crippen molar-refractivity contribution < 1.29 is 14.0 Å². The Kier molecular flexibility index (Phi) is 5.13. The number of thiazole rings is 1. The Hall–Kier alpha value is -3.11. The molecule has 0 saturated heterocycles. The lowest BCUT2D eigenvalue weighted by molar-refractivity contribution is -0.136. The van der Waals surface area contributed by atoms with Crippen LogP contribution in [0, 0.1) is 5.82 Å². The summed E-state index contributed by atoms with van der Waals surface area (Å²) < 4.78 is 14.6. The van der Waals surface area contributed by atoms with Crippen molar-refractivity contribution >= 4 is 45.1 Å². The fraction of sp³-hybridized carbons (Fsp3) is 0.111. The Morgan fingerprint density at radius 3 is 2.68 bits per heavy atom. The second-order valence-corrected chi connectivity index (χ2v) is 7.59. The Morgan fingerprint density at radius 2 is 1.93 bits per heavy atom. The molecule has 0 fully saturated rings. The van der Waals surface area contributed by atoms with Gasteiger partial charge in [-0.25, -0.2) is 8.91 Å². The monoisotopic (exact) mass is 415 g/mol. The highest BCUT2D eigenvalue weighted by molar-refractivity contribution is 7.15. The third-order valence-corrected chi connectivity index (χ3v) is 5.60. The summed E-state index contributed by atoms with van der Waals surface area (Å²) in [5, 5.41) is 13.4. The smallest absolute Gasteiger partial charge is 0.313 e. The number of thiophene rings is 1. The van der Waals surface area contributed by atoms with Gasteiger partial charge in [0.2, 0.25) is 4.96 Å². The predicted octanol–water partition coefficient (Wildman–Crippen LogP) is 2.96. The number of benzene rings is 1. The van der Waals surface area contributed by atoms with Gasteiger partial charge in [0.25, 0.3) is 0 Å². The SMILES string of the molecule is O=C(NCCc1csc2nc(-c3cccs3)nn12)C(=O)Nc1ccc(F)cc1. The van der Waals surface area contributed by atoms with Crippen molar-refractivity contribution in [3.63, 3.8) is 0 Å². The van der Waals surface area contributed by atoms with Crippen molar-refractivity contribution in [2.24, 2.45) is 0 Å². The number of hydrogen-bond acceptors (Lipinski definition) is 6. The first-order valence-electron chi connectivity index (χ1n) is 8.32. The Bertz CT molecular complexity index is 1120. The lowest BCUT2D eigenvalue weighted by atomic mass is 10.3. The molecular formula is C18H14FN5O2S2. The number of carbonyl (C=O) groups is 2. The van der Waals surface area contributed by atoms with Crippen LogP contribution in [0.15, 0.2) is 47.2 Å². The molecule has 0 aliphatic heterocycles. The summed E-state index contributed by atoms with van der Waals surface area (Å²) in [6.45, 7) is 0.274. The quantitative estimate of drug-likeness (QED) is 0.491. The number of nitrogens with one attached hydrogen (secondary N) is 2. The average molecular weight is 415 g/mol. The van der Waals surface area contributed by atoms with Crippen molar-refractivity contribution in [3.05, 3.63) is 58.7 Å². The minimum Gasteiger partial charge on any atom is -0.347 e. The molecule has 0 aliphatic carbocycles. The summed E-state index contributed by atoms with van der Waals surface area (Å²) in [4.78, 5) is 30.1. The number of anilines is 1. The zero-order valence-corrected chi connectivity index (χ0v) is 16.0. The summed E-state index contributed by atoms with van der Waals surface area (Å²) >= 11 is 3.04. The molecule has 28 heavy (non-hydrogen) atoms. The molecule has 0 bridgehead atoms. The molecule has 10 heteroatoms. The number of carbonyl (C=O) groups excluding carboxylic acids is 2. The first-order valence-corrected chi connectivity index (χ1v) is 10.1. The maximum Gasteiger partial charge on any atom is 0.313 e. The van der Waals surface area contributed by atoms with Crippen LogP contribution in [0.25, 0.3) is 15.7 Å². The number of nitrogens with zero attached hydrogens (tertiary/aromatic N) is 3. The average Bonchev–Trinajstić information content (AvgIpc) is 3.41. The van der Waals surface area contributed by atoms with Crippen LogP contribution in [0.1, 0.15) is 5.69 Å². The molecule has 2 N–H and O–H groups in total. The van der Waals surface area contributed by atoms with Gasteiger partial charge in [-0.05, 0) is 35.7 Å². The maximum atomic E-state index is 12.9. The highest BCUT2D eigenvalue weighted by atomic mass is 32.1. The molecule has 4 rings (SSSR count). The maximum absolute atomic E-state index is 12.9. The second kappa shape index (κ2) is 7.87. The second-order valence-electron chi connectivity index (χ2n) is 5.80. The van der Waals surface area contributed by atoms with E-state index in [0.717, 1.165) is 15.5 Å². The van der Waals surface area contributed by atoms with Crippen LogP contribution in [-0.4, -0.2) is 33.0 Å². The largest absolute Gasteiger partial charge is 0.347 e. The van der Waals surface area contributed by atoms with Crippen molar-refractivity contribution in [3.8, 4) is 10.7 Å². The van der Waals surface area contributed by atoms with Crippen LogP contribution < -0.4 is 10.6 Å². The van der Waals surface area contributed by atoms with Gasteiger partial charge in [-0.1, -0.05) is 6.07 Å². The van der Waals surface area contributed by atoms with Gasteiger partial charge >= 0.3 is 11.8 Å². The first kappa shape index (κ1) is 18.3. The minimum atomic E-state index is -0.803. The van der Waals surface area contributed by atoms with E-state index in [4.69, 9.17) is 0 Å². The molecule has 0 aliphatic rings. The number of aromatic nitrogens is 3. The number of fused-ring (bicyclic) bond motifs is 1. The third-order valence-electron chi connectivity index (χ3n) is 3.87. The normalized spacial score (nSPS) is 10.9. The van der Waals surface area contributed by atoms with E-state index in [2.05, 4.69) is 20.7 Å². The van der Waals surface area contributed by atoms with E-state index in [1.165, 1.54) is 35.6 Å². The highest BCUT2D eigenvalue weighted by Crippen LogP contribution is 2.24. The summed E-state index contributed by atoms with van der Waals surface area (Å²) in [7, 11) is 0. The fourth-order valence-electron chi connectivity index (χ4n) is 2.51. The van der Waals surface area contributed by atoms with Crippen LogP contribution in [0.3, 0.4) is 0 Å². The lowest BCUT2D eigenvalue weighted by Gasteiger charge is -2.06. The minimum absolute atomic E-state index is 0.274. The van der Waals surface area contributed by atoms with Gasteiger partial charge in [0.15, 0.2) is 5.82 Å². The summed E-state index contributed by atoms with van der Waals surface area (Å²) in [5.74, 6) is -1.30. The van der Waals surface area contributed by atoms with E-state index in [9.17, 15) is 14.0 Å². The Balaban J connectivity index is 1.33. The zero-order valence-electron chi connectivity index (χ0n) is 14.4. The van der Waals surface area contributed by atoms with Gasteiger partial charge in [0.1, 0.15) is 5.82 Å². The molecule has 2 amide bonds. The van der Waals surface area contributed by atoms with Gasteiger partial charge in [0.05, 0.1) is 10.6 Å². The van der Waals surface area contributed by atoms with Crippen molar-refractivity contribution in [2.75, 3.05) is 11.9 Å². The summed E-state index contributed by atoms with van der Waals surface area (Å²) in [6, 6.07) is 9.10. The predicted molar refractivity (Wildman–Crippen MR) is 106 cm³/mol. The Labute approximate surface area is 166 Å². The first-order chi connectivity index (χ1) is 13.6. The zero-order chi connectivity index (χ0) is 19.5. The van der Waals surface area contributed by atoms with E-state index >= 15 is 0 Å². The van der Waals surface area contributed by atoms with Gasteiger partial charge in [-0.2, -0.15) is 4.98 Å². The van der Waals surface area contributed by atoms with E-state index in [1.54, 1.807) is 15.9 Å². The fourth-order valence-corrected chi connectivity index (χ4v) is 4.02. The third kappa shape index (κ3) is 3.92. The van der Waals surface area contributed by atoms with Crippen LogP contribution in [0.4, 0.5) is 10.1 Å². The summed E-state index contributed by atoms with van der Waals surface area (Å²) in [6.07, 6.45) is 0.503. The topological polar surface area (TPSA) is 88.4 Å². The van der Waals surface area contributed by atoms with Gasteiger partial charge in [-0.3, -0.25) is 9.59 Å². The van der Waals surface area contributed by atoms with E-state index < -0.39 is 17.6 Å². The number of rotatable bonds is 5. The van der Waals surface area contributed by atoms with Crippen molar-refractivity contribution in [2.45, 2.75) is 6.42 Å². The van der Waals surface area contributed by atoms with Gasteiger partial charge in [-0.15, -0.1) is 27.8 Å². The van der Waals surface area contributed by atoms with E-state index in [0.29, 0.717) is 17.9 Å². The van der Waals surface area contributed by atoms with Crippen molar-refractivity contribution in [1.82, 2.24) is 19.9 Å². The molecule has 0 unspecified atom stereocenters. The van der Waals surface area contributed by atoms with Crippen LogP contribution in [0.5, 0.6) is 0 Å². The highest BCUT2D eigenvalue weighted by Gasteiger charge is 2.15. The molecule has 142 valence electrons. The van der Waals surface area contributed by atoms with Gasteiger partial charge in [0, 0.05) is 24.0 Å². The van der Waals surface area contributed by atoms with Crippen LogP contribution >= 0.6 is 22.7 Å². The standard InChI is InChI=1S/C18H14FN5O2S2/c19-11-3-5-12(6-4-11)21-17(26)16(25)20-8-7-13-10-28-18-22-15(23-24(13)18)14-2-1-9-27-14/h1-6,9-10H,7-8H2,(H,20,25)(H,21,26). The molecule has 0 spiro atoms. The number of halogens is 1. The number of amides is 2. The molecular weight excluding hydrogens is 401 g/mol. The molecule has 0 atom stereocenters. The van der Waals surface area contributed by atoms with E-state index in [-0.39, 0.29) is 6.54 Å². The molecule has 1 aromatic carbocycles. The van der Waals surface area contributed by atoms with Crippen LogP contribution in [-0.2, 0) is 16.0 Å². The Morgan fingerprint density at radius 1 is 1.11 bits per heavy atom. The molecule has 7 nitrogen and oxygen atoms in total. The molecule has 3 heterocycles. The van der Waals surface area contributed by atoms with E-state index in [1.807, 2.05) is 22.9 Å². The van der Waals surface area contributed by atoms with Gasteiger partial charge < -0.3 is 10.6 Å². The van der Waals surface area contributed by atoms with Crippen molar-refractivity contribution in [1.29, 1.82) is 0 Å². The number of hydrogen-bond donors (Lipinski definition) is 2. The molecule has 3 aromatic heterocycles. The summed E-state index contributed by atoms with van der Waals surface area (Å²) in [5.41, 5.74) is 1.25. The molecule has 0 radical (unpaired) electrons.